The molecule has 146 valence electrons. The van der Waals surface area contributed by atoms with Gasteiger partial charge in [0.15, 0.2) is 0 Å². The fourth-order valence-electron chi connectivity index (χ4n) is 2.84. The van der Waals surface area contributed by atoms with Gasteiger partial charge in [0.1, 0.15) is 0 Å². The van der Waals surface area contributed by atoms with Crippen LogP contribution in [-0.2, 0) is 10.0 Å². The predicted octanol–water partition coefficient (Wildman–Crippen LogP) is 0.741. The average Bonchev–Trinajstić information content (AvgIpc) is 2.59. The number of nitrogens with one attached hydrogen (secondary N) is 2. The van der Waals surface area contributed by atoms with Crippen molar-refractivity contribution in [2.45, 2.75) is 31.2 Å². The highest BCUT2D eigenvalue weighted by Crippen LogP contribution is 2.11. The Balaban J connectivity index is 1.77. The molecule has 0 atom stereocenters. The molecule has 1 amide bonds. The number of hydrogen-bond acceptors (Lipinski definition) is 5. The molecular weight excluding hydrogens is 352 g/mol. The Bertz CT molecular complexity index is 681. The highest BCUT2D eigenvalue weighted by molar-refractivity contribution is 7.89. The number of nitrogens with zero attached hydrogens (tertiary/aromatic N) is 2. The Hall–Kier alpha value is -1.48. The van der Waals surface area contributed by atoms with Gasteiger partial charge in [0, 0.05) is 44.3 Å². The zero-order valence-electron chi connectivity index (χ0n) is 15.9. The maximum absolute atomic E-state index is 12.2. The topological polar surface area (TPSA) is 81.7 Å². The van der Waals surface area contributed by atoms with E-state index in [2.05, 4.69) is 26.9 Å². The molecular formula is C18H30N4O3S. The summed E-state index contributed by atoms with van der Waals surface area (Å²) in [6, 6.07) is 5.84. The van der Waals surface area contributed by atoms with Crippen LogP contribution in [0.15, 0.2) is 29.2 Å². The van der Waals surface area contributed by atoms with Gasteiger partial charge >= 0.3 is 0 Å². The van der Waals surface area contributed by atoms with Crippen molar-refractivity contribution in [3.8, 4) is 0 Å². The number of rotatable bonds is 8. The lowest BCUT2D eigenvalue weighted by Crippen LogP contribution is -2.45. The summed E-state index contributed by atoms with van der Waals surface area (Å²) in [5.41, 5.74) is 0.466. The van der Waals surface area contributed by atoms with Gasteiger partial charge in [-0.25, -0.2) is 13.1 Å². The molecule has 0 radical (unpaired) electrons. The molecule has 1 aliphatic rings. The number of piperazine rings is 1. The molecule has 1 aromatic carbocycles. The minimum absolute atomic E-state index is 0.165. The molecule has 1 heterocycles. The van der Waals surface area contributed by atoms with Crippen molar-refractivity contribution in [3.63, 3.8) is 0 Å². The second-order valence-corrected chi connectivity index (χ2v) is 8.77. The third-order valence-electron chi connectivity index (χ3n) is 4.35. The smallest absolute Gasteiger partial charge is 0.251 e. The van der Waals surface area contributed by atoms with Crippen molar-refractivity contribution in [2.75, 3.05) is 46.3 Å². The molecule has 8 heteroatoms. The second-order valence-electron chi connectivity index (χ2n) is 7.05. The van der Waals surface area contributed by atoms with E-state index in [0.717, 1.165) is 39.1 Å². The first kappa shape index (κ1) is 20.8. The van der Waals surface area contributed by atoms with E-state index < -0.39 is 10.0 Å². The van der Waals surface area contributed by atoms with Crippen LogP contribution in [0.2, 0.25) is 0 Å². The van der Waals surface area contributed by atoms with Crippen LogP contribution in [0.4, 0.5) is 0 Å². The normalized spacial score (nSPS) is 16.8. The van der Waals surface area contributed by atoms with Crippen molar-refractivity contribution in [1.82, 2.24) is 19.8 Å². The van der Waals surface area contributed by atoms with Gasteiger partial charge in [-0.15, -0.1) is 0 Å². The Labute approximate surface area is 156 Å². The first-order chi connectivity index (χ1) is 12.3. The van der Waals surface area contributed by atoms with Crippen molar-refractivity contribution in [3.05, 3.63) is 29.8 Å². The van der Waals surface area contributed by atoms with Crippen molar-refractivity contribution in [2.24, 2.45) is 0 Å². The van der Waals surface area contributed by atoms with Gasteiger partial charge in [0.2, 0.25) is 10.0 Å². The summed E-state index contributed by atoms with van der Waals surface area (Å²) in [4.78, 5) is 17.1. The molecule has 1 saturated heterocycles. The number of likely N-dealkylation sites (N-methyl/N-ethyl adjacent to an activating group) is 1. The monoisotopic (exact) mass is 382 g/mol. The van der Waals surface area contributed by atoms with E-state index in [1.807, 2.05) is 0 Å². The Kier molecular flexibility index (Phi) is 7.57. The van der Waals surface area contributed by atoms with Gasteiger partial charge < -0.3 is 15.1 Å². The molecule has 2 N–H and O–H groups in total. The molecule has 1 aromatic rings. The van der Waals surface area contributed by atoms with Crippen LogP contribution in [0, 0.1) is 0 Å². The summed E-state index contributed by atoms with van der Waals surface area (Å²) in [6.07, 6.45) is 0.903. The van der Waals surface area contributed by atoms with Crippen LogP contribution in [0.25, 0.3) is 0 Å². The third-order valence-corrected chi connectivity index (χ3v) is 6.02. The molecule has 26 heavy (non-hydrogen) atoms. The SMILES string of the molecule is CC(C)NS(=O)(=O)c1ccc(C(=O)NCCCN2CCN(C)CC2)cc1. The lowest BCUT2D eigenvalue weighted by molar-refractivity contribution is 0.0949. The molecule has 0 aromatic heterocycles. The lowest BCUT2D eigenvalue weighted by atomic mass is 10.2. The fourth-order valence-corrected chi connectivity index (χ4v) is 4.09. The van der Waals surface area contributed by atoms with Gasteiger partial charge in [0.25, 0.3) is 5.91 Å². The Morgan fingerprint density at radius 3 is 2.31 bits per heavy atom. The minimum Gasteiger partial charge on any atom is -0.352 e. The Morgan fingerprint density at radius 1 is 1.12 bits per heavy atom. The number of carbonyl (C=O) groups excluding carboxylic acids is 1. The van der Waals surface area contributed by atoms with E-state index >= 15 is 0 Å². The van der Waals surface area contributed by atoms with E-state index in [1.54, 1.807) is 26.0 Å². The molecule has 0 aliphatic carbocycles. The maximum atomic E-state index is 12.2. The summed E-state index contributed by atoms with van der Waals surface area (Å²) in [7, 11) is -1.40. The number of amides is 1. The van der Waals surface area contributed by atoms with E-state index in [9.17, 15) is 13.2 Å². The van der Waals surface area contributed by atoms with Crippen LogP contribution < -0.4 is 10.0 Å². The van der Waals surface area contributed by atoms with Crippen molar-refractivity contribution >= 4 is 15.9 Å². The van der Waals surface area contributed by atoms with Gasteiger partial charge in [-0.05, 0) is 58.1 Å². The van der Waals surface area contributed by atoms with Gasteiger partial charge in [-0.1, -0.05) is 0 Å². The van der Waals surface area contributed by atoms with Crippen LogP contribution >= 0.6 is 0 Å². The predicted molar refractivity (Wildman–Crippen MR) is 103 cm³/mol. The highest BCUT2D eigenvalue weighted by Gasteiger charge is 2.16. The number of carbonyl (C=O) groups is 1. The Morgan fingerprint density at radius 2 is 1.73 bits per heavy atom. The molecule has 0 unspecified atom stereocenters. The molecule has 0 bridgehead atoms. The number of hydrogen-bond donors (Lipinski definition) is 2. The van der Waals surface area contributed by atoms with Gasteiger partial charge in [-0.3, -0.25) is 4.79 Å². The fraction of sp³-hybridized carbons (Fsp3) is 0.611. The van der Waals surface area contributed by atoms with Gasteiger partial charge in [-0.2, -0.15) is 0 Å². The quantitative estimate of drug-likeness (QED) is 0.648. The summed E-state index contributed by atoms with van der Waals surface area (Å²) < 4.78 is 26.7. The van der Waals surface area contributed by atoms with E-state index in [1.165, 1.54) is 12.1 Å². The van der Waals surface area contributed by atoms with Crippen molar-refractivity contribution in [1.29, 1.82) is 0 Å². The average molecular weight is 383 g/mol. The maximum Gasteiger partial charge on any atom is 0.251 e. The van der Waals surface area contributed by atoms with Crippen LogP contribution in [0.1, 0.15) is 30.6 Å². The first-order valence-electron chi connectivity index (χ1n) is 9.09. The summed E-state index contributed by atoms with van der Waals surface area (Å²) in [5, 5.41) is 2.90. The van der Waals surface area contributed by atoms with Crippen LogP contribution in [0.5, 0.6) is 0 Å². The molecule has 0 spiro atoms. The standard InChI is InChI=1S/C18H30N4O3S/c1-15(2)20-26(24,25)17-7-5-16(6-8-17)18(23)19-9-4-10-22-13-11-21(3)12-14-22/h5-8,15,20H,4,9-14H2,1-3H3,(H,19,23). The summed E-state index contributed by atoms with van der Waals surface area (Å²) in [5.74, 6) is -0.177. The second kappa shape index (κ2) is 9.45. The summed E-state index contributed by atoms with van der Waals surface area (Å²) in [6.45, 7) is 9.45. The zero-order valence-corrected chi connectivity index (χ0v) is 16.7. The first-order valence-corrected chi connectivity index (χ1v) is 10.6. The van der Waals surface area contributed by atoms with E-state index in [0.29, 0.717) is 12.1 Å². The zero-order chi connectivity index (χ0) is 19.2. The molecule has 0 saturated carbocycles. The molecule has 7 nitrogen and oxygen atoms in total. The summed E-state index contributed by atoms with van der Waals surface area (Å²) >= 11 is 0. The molecule has 2 rings (SSSR count). The number of sulfonamides is 1. The minimum atomic E-state index is -3.53. The lowest BCUT2D eigenvalue weighted by Gasteiger charge is -2.32. The molecule has 1 fully saturated rings. The van der Waals surface area contributed by atoms with Crippen LogP contribution in [0.3, 0.4) is 0 Å². The largest absolute Gasteiger partial charge is 0.352 e. The number of benzene rings is 1. The highest BCUT2D eigenvalue weighted by atomic mass is 32.2. The third kappa shape index (κ3) is 6.35. The van der Waals surface area contributed by atoms with E-state index in [4.69, 9.17) is 0 Å². The van der Waals surface area contributed by atoms with E-state index in [-0.39, 0.29) is 16.8 Å². The molecule has 1 aliphatic heterocycles. The van der Waals surface area contributed by atoms with Crippen LogP contribution in [-0.4, -0.2) is 76.5 Å². The van der Waals surface area contributed by atoms with Gasteiger partial charge in [0.05, 0.1) is 4.90 Å². The van der Waals surface area contributed by atoms with Crippen molar-refractivity contribution < 1.29 is 13.2 Å².